The van der Waals surface area contributed by atoms with Crippen LogP contribution in [0.4, 0.5) is 18.9 Å². The zero-order valence-electron chi connectivity index (χ0n) is 21.9. The SMILES string of the molecule is O=[N+]([O-])c1ccc2c(C(O)(CN3CCC4(CC3)COc3ncccc3O4)C(F)(F)F)cn(Cc3ccccc3)c2c1. The first-order valence-corrected chi connectivity index (χ1v) is 13.2. The van der Waals surface area contributed by atoms with Gasteiger partial charge in [-0.25, -0.2) is 4.98 Å². The molecular formula is C29H27F3N4O5. The number of aromatic nitrogens is 2. The van der Waals surface area contributed by atoms with Gasteiger partial charge in [0.2, 0.25) is 5.60 Å². The molecule has 2 aromatic carbocycles. The summed E-state index contributed by atoms with van der Waals surface area (Å²) in [5, 5.41) is 23.1. The molecule has 0 bridgehead atoms. The number of nitrogens with zero attached hydrogens (tertiary/aromatic N) is 4. The molecule has 1 fully saturated rings. The van der Waals surface area contributed by atoms with Crippen LogP contribution in [0.15, 0.2) is 73.1 Å². The number of ether oxygens (including phenoxy) is 2. The van der Waals surface area contributed by atoms with Crippen molar-refractivity contribution in [2.45, 2.75) is 36.8 Å². The van der Waals surface area contributed by atoms with Gasteiger partial charge in [-0.05, 0) is 23.8 Å². The fourth-order valence-electron chi connectivity index (χ4n) is 5.68. The lowest BCUT2D eigenvalue weighted by molar-refractivity contribution is -0.384. The Balaban J connectivity index is 1.31. The third kappa shape index (κ3) is 4.97. The number of hydrogen-bond acceptors (Lipinski definition) is 7. The van der Waals surface area contributed by atoms with Crippen molar-refractivity contribution >= 4 is 16.6 Å². The maximum Gasteiger partial charge on any atom is 0.422 e. The predicted molar refractivity (Wildman–Crippen MR) is 143 cm³/mol. The van der Waals surface area contributed by atoms with Crippen LogP contribution >= 0.6 is 0 Å². The number of aliphatic hydroxyl groups is 1. The smallest absolute Gasteiger partial charge is 0.422 e. The highest BCUT2D eigenvalue weighted by molar-refractivity contribution is 5.87. The summed E-state index contributed by atoms with van der Waals surface area (Å²) in [6, 6.07) is 16.2. The molecule has 0 amide bonds. The van der Waals surface area contributed by atoms with Crippen LogP contribution in [-0.2, 0) is 12.1 Å². The van der Waals surface area contributed by atoms with E-state index in [1.165, 1.54) is 22.9 Å². The van der Waals surface area contributed by atoms with Gasteiger partial charge in [0.25, 0.3) is 11.6 Å². The highest BCUT2D eigenvalue weighted by Gasteiger charge is 2.57. The summed E-state index contributed by atoms with van der Waals surface area (Å²) in [7, 11) is 0. The van der Waals surface area contributed by atoms with Gasteiger partial charge in [0.15, 0.2) is 5.75 Å². The molecule has 2 aliphatic heterocycles. The summed E-state index contributed by atoms with van der Waals surface area (Å²) < 4.78 is 57.8. The van der Waals surface area contributed by atoms with Crippen LogP contribution in [0.3, 0.4) is 0 Å². The minimum atomic E-state index is -5.02. The summed E-state index contributed by atoms with van der Waals surface area (Å²) in [5.41, 5.74) is -3.48. The van der Waals surface area contributed by atoms with Crippen LogP contribution in [0.1, 0.15) is 24.0 Å². The number of hydrogen-bond donors (Lipinski definition) is 1. The first-order valence-electron chi connectivity index (χ1n) is 13.2. The summed E-state index contributed by atoms with van der Waals surface area (Å²) in [6.07, 6.45) is -1.36. The Kier molecular flexibility index (Phi) is 6.62. The number of fused-ring (bicyclic) bond motifs is 2. The number of halogens is 3. The second-order valence-corrected chi connectivity index (χ2v) is 10.6. The Labute approximate surface area is 232 Å². The Hall–Kier alpha value is -4.16. The van der Waals surface area contributed by atoms with E-state index in [-0.39, 0.29) is 48.4 Å². The number of β-amino-alcohol motifs (C(OH)–C–C–N with tert-alkyl or cyclic N) is 1. The van der Waals surface area contributed by atoms with Gasteiger partial charge in [0, 0.05) is 74.5 Å². The number of piperidine rings is 1. The number of rotatable bonds is 6. The number of likely N-dealkylation sites (tertiary alicyclic amines) is 1. The molecule has 1 unspecified atom stereocenters. The molecule has 12 heteroatoms. The van der Waals surface area contributed by atoms with Gasteiger partial charge in [-0.3, -0.25) is 15.0 Å². The first kappa shape index (κ1) is 27.0. The highest BCUT2D eigenvalue weighted by Crippen LogP contribution is 2.45. The Morgan fingerprint density at radius 1 is 1.07 bits per heavy atom. The maximum absolute atomic E-state index is 14.8. The molecule has 1 N–H and O–H groups in total. The summed E-state index contributed by atoms with van der Waals surface area (Å²) >= 11 is 0. The molecule has 1 atom stereocenters. The van der Waals surface area contributed by atoms with Crippen LogP contribution < -0.4 is 9.47 Å². The van der Waals surface area contributed by atoms with E-state index in [1.54, 1.807) is 35.4 Å². The molecule has 0 aliphatic carbocycles. The molecule has 1 spiro atoms. The maximum atomic E-state index is 14.8. The van der Waals surface area contributed by atoms with E-state index in [9.17, 15) is 28.4 Å². The average Bonchev–Trinajstić information content (AvgIpc) is 3.32. The fraction of sp³-hybridized carbons (Fsp3) is 0.345. The molecule has 1 saturated heterocycles. The largest absolute Gasteiger partial charge is 0.478 e. The van der Waals surface area contributed by atoms with E-state index in [4.69, 9.17) is 9.47 Å². The molecule has 9 nitrogen and oxygen atoms in total. The van der Waals surface area contributed by atoms with Gasteiger partial charge in [-0.1, -0.05) is 30.3 Å². The van der Waals surface area contributed by atoms with Crippen molar-refractivity contribution in [3.63, 3.8) is 0 Å². The zero-order chi connectivity index (χ0) is 28.8. The van der Waals surface area contributed by atoms with Crippen molar-refractivity contribution < 1.29 is 32.7 Å². The first-order chi connectivity index (χ1) is 19.6. The van der Waals surface area contributed by atoms with E-state index < -0.39 is 28.8 Å². The number of pyridine rings is 1. The van der Waals surface area contributed by atoms with Crippen molar-refractivity contribution in [1.29, 1.82) is 0 Å². The van der Waals surface area contributed by atoms with Crippen LogP contribution in [0.25, 0.3) is 10.9 Å². The molecule has 0 radical (unpaired) electrons. The molecule has 6 rings (SSSR count). The van der Waals surface area contributed by atoms with Crippen LogP contribution in [0.2, 0.25) is 0 Å². The molecule has 2 aliphatic rings. The van der Waals surface area contributed by atoms with Crippen LogP contribution in [0, 0.1) is 10.1 Å². The van der Waals surface area contributed by atoms with Crippen molar-refractivity contribution in [2.75, 3.05) is 26.2 Å². The van der Waals surface area contributed by atoms with Crippen molar-refractivity contribution in [3.8, 4) is 11.6 Å². The van der Waals surface area contributed by atoms with Crippen LogP contribution in [-0.4, -0.2) is 62.5 Å². The molecule has 4 heterocycles. The monoisotopic (exact) mass is 568 g/mol. The lowest BCUT2D eigenvalue weighted by atomic mass is 9.88. The van der Waals surface area contributed by atoms with Gasteiger partial charge < -0.3 is 19.1 Å². The number of non-ortho nitro benzene ring substituents is 1. The normalized spacial score (nSPS) is 18.3. The van der Waals surface area contributed by atoms with Crippen molar-refractivity contribution in [3.05, 3.63) is 94.3 Å². The number of nitro benzene ring substituents is 1. The van der Waals surface area contributed by atoms with E-state index in [0.29, 0.717) is 24.5 Å². The second-order valence-electron chi connectivity index (χ2n) is 10.6. The van der Waals surface area contributed by atoms with E-state index in [0.717, 1.165) is 11.6 Å². The Morgan fingerprint density at radius 2 is 1.83 bits per heavy atom. The minimum Gasteiger partial charge on any atom is -0.478 e. The summed E-state index contributed by atoms with van der Waals surface area (Å²) in [5.74, 6) is 0.887. The van der Waals surface area contributed by atoms with Crippen molar-refractivity contribution in [1.82, 2.24) is 14.5 Å². The van der Waals surface area contributed by atoms with Gasteiger partial charge in [0.1, 0.15) is 12.2 Å². The minimum absolute atomic E-state index is 0.105. The molecule has 2 aromatic heterocycles. The summed E-state index contributed by atoms with van der Waals surface area (Å²) in [4.78, 5) is 16.6. The van der Waals surface area contributed by atoms with Crippen molar-refractivity contribution in [2.24, 2.45) is 0 Å². The number of benzene rings is 2. The van der Waals surface area contributed by atoms with Gasteiger partial charge in [0.05, 0.1) is 10.4 Å². The number of nitro groups is 1. The zero-order valence-corrected chi connectivity index (χ0v) is 21.9. The topological polar surface area (TPSA) is 103 Å². The van der Waals surface area contributed by atoms with Gasteiger partial charge in [-0.2, -0.15) is 13.2 Å². The van der Waals surface area contributed by atoms with E-state index >= 15 is 0 Å². The van der Waals surface area contributed by atoms with Gasteiger partial charge in [-0.15, -0.1) is 0 Å². The van der Waals surface area contributed by atoms with E-state index in [2.05, 4.69) is 4.98 Å². The second kappa shape index (κ2) is 10.0. The van der Waals surface area contributed by atoms with Gasteiger partial charge >= 0.3 is 6.18 Å². The lowest BCUT2D eigenvalue weighted by Gasteiger charge is -2.45. The standard InChI is InChI=1S/C29H27F3N4O5/c30-29(31,32)28(37,18-34-13-10-27(11-14-34)19-40-26-25(41-27)7-4-12-33-26)23-17-35(16-20-5-2-1-3-6-20)24-15-21(36(38)39)8-9-22(23)24/h1-9,12,15,17,37H,10-11,13-14,16,18-19H2. The average molecular weight is 569 g/mol. The third-order valence-electron chi connectivity index (χ3n) is 7.94. The Bertz CT molecular complexity index is 1580. The van der Waals surface area contributed by atoms with E-state index in [1.807, 2.05) is 18.2 Å². The number of alkyl halides is 3. The molecule has 41 heavy (non-hydrogen) atoms. The predicted octanol–water partition coefficient (Wildman–Crippen LogP) is 5.05. The summed E-state index contributed by atoms with van der Waals surface area (Å²) in [6.45, 7) is 0.191. The van der Waals surface area contributed by atoms with Crippen LogP contribution in [0.5, 0.6) is 11.6 Å². The highest BCUT2D eigenvalue weighted by atomic mass is 19.4. The molecular weight excluding hydrogens is 541 g/mol. The fourth-order valence-corrected chi connectivity index (χ4v) is 5.68. The quantitative estimate of drug-likeness (QED) is 0.257. The third-order valence-corrected chi connectivity index (χ3v) is 7.94. The molecule has 4 aromatic rings. The molecule has 0 saturated carbocycles. The molecule has 214 valence electrons. The lowest BCUT2D eigenvalue weighted by Crippen LogP contribution is -2.57. The Morgan fingerprint density at radius 3 is 2.54 bits per heavy atom.